The Morgan fingerprint density at radius 2 is 1.91 bits per heavy atom. The number of pyridine rings is 1. The average molecular weight is 324 g/mol. The Balaban J connectivity index is 1.89. The number of hydrogen-bond acceptors (Lipinski definition) is 3. The molecule has 1 aliphatic heterocycles. The summed E-state index contributed by atoms with van der Waals surface area (Å²) in [7, 11) is 2.00. The van der Waals surface area contributed by atoms with Crippen LogP contribution in [0.15, 0.2) is 18.2 Å². The van der Waals surface area contributed by atoms with Crippen LogP contribution in [0, 0.1) is 0 Å². The molecule has 4 nitrogen and oxygen atoms in total. The third-order valence-electron chi connectivity index (χ3n) is 4.16. The van der Waals surface area contributed by atoms with Crippen molar-refractivity contribution < 1.29 is 13.2 Å². The number of aromatic nitrogens is 3. The fourth-order valence-electron chi connectivity index (χ4n) is 3.02. The van der Waals surface area contributed by atoms with Crippen molar-refractivity contribution in [2.45, 2.75) is 38.9 Å². The van der Waals surface area contributed by atoms with Crippen LogP contribution < -0.4 is 4.90 Å². The number of fused-ring (bicyclic) bond motifs is 1. The normalized spacial score (nSPS) is 15.2. The van der Waals surface area contributed by atoms with E-state index < -0.39 is 11.9 Å². The van der Waals surface area contributed by atoms with Gasteiger partial charge in [-0.1, -0.05) is 19.9 Å². The molecule has 0 radical (unpaired) electrons. The van der Waals surface area contributed by atoms with Gasteiger partial charge in [0.2, 0.25) is 0 Å². The van der Waals surface area contributed by atoms with Crippen LogP contribution in [-0.4, -0.2) is 21.1 Å². The molecule has 0 spiro atoms. The number of rotatable bonds is 2. The molecule has 0 aliphatic carbocycles. The van der Waals surface area contributed by atoms with Gasteiger partial charge in [-0.25, -0.2) is 9.97 Å². The van der Waals surface area contributed by atoms with Gasteiger partial charge in [0.25, 0.3) is 0 Å². The largest absolute Gasteiger partial charge is 0.433 e. The van der Waals surface area contributed by atoms with E-state index in [1.165, 1.54) is 6.07 Å². The summed E-state index contributed by atoms with van der Waals surface area (Å²) in [6.07, 6.45) is -3.67. The molecule has 0 bridgehead atoms. The number of hydrogen-bond donors (Lipinski definition) is 0. The van der Waals surface area contributed by atoms with Gasteiger partial charge >= 0.3 is 6.18 Å². The Kier molecular flexibility index (Phi) is 3.82. The van der Waals surface area contributed by atoms with Gasteiger partial charge in [0.1, 0.15) is 17.3 Å². The highest BCUT2D eigenvalue weighted by atomic mass is 19.4. The SMILES string of the molecule is CC(C)c1nc2c(n1C)CCN(c1cccc(C(F)(F)F)n1)C2. The Hall–Kier alpha value is -2.05. The molecule has 1 aliphatic rings. The molecule has 0 N–H and O–H groups in total. The van der Waals surface area contributed by atoms with Gasteiger partial charge in [0.15, 0.2) is 0 Å². The summed E-state index contributed by atoms with van der Waals surface area (Å²) < 4.78 is 40.6. The molecular weight excluding hydrogens is 305 g/mol. The lowest BCUT2D eigenvalue weighted by molar-refractivity contribution is -0.141. The zero-order valence-corrected chi connectivity index (χ0v) is 13.4. The van der Waals surface area contributed by atoms with Gasteiger partial charge in [0.05, 0.1) is 12.2 Å². The van der Waals surface area contributed by atoms with Crippen LogP contribution in [0.3, 0.4) is 0 Å². The number of imidazole rings is 1. The lowest BCUT2D eigenvalue weighted by atomic mass is 10.1. The second-order valence-electron chi connectivity index (χ2n) is 6.13. The van der Waals surface area contributed by atoms with E-state index in [4.69, 9.17) is 0 Å². The first kappa shape index (κ1) is 15.8. The van der Waals surface area contributed by atoms with Crippen LogP contribution in [0.4, 0.5) is 19.0 Å². The molecule has 3 rings (SSSR count). The molecule has 2 aromatic heterocycles. The van der Waals surface area contributed by atoms with Crippen LogP contribution in [-0.2, 0) is 26.2 Å². The molecule has 0 unspecified atom stereocenters. The molecule has 0 amide bonds. The van der Waals surface area contributed by atoms with Crippen molar-refractivity contribution in [3.05, 3.63) is 41.1 Å². The minimum Gasteiger partial charge on any atom is -0.350 e. The van der Waals surface area contributed by atoms with Crippen LogP contribution in [0.25, 0.3) is 0 Å². The van der Waals surface area contributed by atoms with Gasteiger partial charge in [-0.2, -0.15) is 13.2 Å². The summed E-state index contributed by atoms with van der Waals surface area (Å²) in [5.74, 6) is 1.67. The fraction of sp³-hybridized carbons (Fsp3) is 0.500. The summed E-state index contributed by atoms with van der Waals surface area (Å²) in [4.78, 5) is 10.3. The van der Waals surface area contributed by atoms with E-state index in [1.54, 1.807) is 6.07 Å². The smallest absolute Gasteiger partial charge is 0.350 e. The maximum Gasteiger partial charge on any atom is 0.433 e. The molecule has 0 atom stereocenters. The van der Waals surface area contributed by atoms with E-state index >= 15 is 0 Å². The summed E-state index contributed by atoms with van der Waals surface area (Å²) in [6.45, 7) is 5.29. The monoisotopic (exact) mass is 324 g/mol. The average Bonchev–Trinajstić information content (AvgIpc) is 2.83. The predicted octanol–water partition coefficient (Wildman–Crippen LogP) is 3.52. The number of halogens is 3. The standard InChI is InChI=1S/C16H19F3N4/c1-10(2)15-20-11-9-23(8-7-12(11)22(15)3)14-6-4-5-13(21-14)16(17,18)19/h4-6,10H,7-9H2,1-3H3. The topological polar surface area (TPSA) is 34.0 Å². The second kappa shape index (κ2) is 5.54. The Bertz CT molecular complexity index is 719. The minimum absolute atomic E-state index is 0.311. The molecule has 7 heteroatoms. The Labute approximate surface area is 133 Å². The van der Waals surface area contributed by atoms with E-state index in [0.717, 1.165) is 29.7 Å². The molecule has 23 heavy (non-hydrogen) atoms. The van der Waals surface area contributed by atoms with Crippen molar-refractivity contribution in [1.82, 2.24) is 14.5 Å². The summed E-state index contributed by atoms with van der Waals surface area (Å²) in [5, 5.41) is 0. The first-order valence-corrected chi connectivity index (χ1v) is 7.61. The number of nitrogens with zero attached hydrogens (tertiary/aromatic N) is 4. The number of anilines is 1. The molecule has 3 heterocycles. The predicted molar refractivity (Wildman–Crippen MR) is 81.3 cm³/mol. The molecule has 0 saturated heterocycles. The highest BCUT2D eigenvalue weighted by Gasteiger charge is 2.33. The first-order valence-electron chi connectivity index (χ1n) is 7.61. The molecule has 0 fully saturated rings. The lowest BCUT2D eigenvalue weighted by Crippen LogP contribution is -2.32. The van der Waals surface area contributed by atoms with Crippen molar-refractivity contribution in [2.75, 3.05) is 11.4 Å². The van der Waals surface area contributed by atoms with E-state index in [1.807, 2.05) is 11.9 Å². The maximum atomic E-state index is 12.8. The third-order valence-corrected chi connectivity index (χ3v) is 4.16. The van der Waals surface area contributed by atoms with Gasteiger partial charge in [-0.15, -0.1) is 0 Å². The van der Waals surface area contributed by atoms with E-state index in [0.29, 0.717) is 24.8 Å². The summed E-state index contributed by atoms with van der Waals surface area (Å²) in [5.41, 5.74) is 1.24. The second-order valence-corrected chi connectivity index (χ2v) is 6.13. The van der Waals surface area contributed by atoms with E-state index in [-0.39, 0.29) is 0 Å². The summed E-state index contributed by atoms with van der Waals surface area (Å²) >= 11 is 0. The Morgan fingerprint density at radius 3 is 2.57 bits per heavy atom. The van der Waals surface area contributed by atoms with Crippen molar-refractivity contribution in [3.63, 3.8) is 0 Å². The van der Waals surface area contributed by atoms with E-state index in [9.17, 15) is 13.2 Å². The number of alkyl halides is 3. The highest BCUT2D eigenvalue weighted by Crippen LogP contribution is 2.30. The molecular formula is C16H19F3N4. The fourth-order valence-corrected chi connectivity index (χ4v) is 3.02. The van der Waals surface area contributed by atoms with Crippen molar-refractivity contribution in [3.8, 4) is 0 Å². The minimum atomic E-state index is -4.42. The van der Waals surface area contributed by atoms with Crippen molar-refractivity contribution >= 4 is 5.82 Å². The maximum absolute atomic E-state index is 12.8. The lowest BCUT2D eigenvalue weighted by Gasteiger charge is -2.28. The third kappa shape index (κ3) is 2.92. The van der Waals surface area contributed by atoms with Crippen molar-refractivity contribution in [2.24, 2.45) is 7.05 Å². The molecule has 2 aromatic rings. The highest BCUT2D eigenvalue weighted by molar-refractivity contribution is 5.43. The zero-order valence-electron chi connectivity index (χ0n) is 13.4. The summed E-state index contributed by atoms with van der Waals surface area (Å²) in [6, 6.07) is 4.02. The van der Waals surface area contributed by atoms with Gasteiger partial charge in [0, 0.05) is 31.6 Å². The van der Waals surface area contributed by atoms with E-state index in [2.05, 4.69) is 28.4 Å². The first-order chi connectivity index (χ1) is 10.8. The van der Waals surface area contributed by atoms with Crippen LogP contribution in [0.5, 0.6) is 0 Å². The van der Waals surface area contributed by atoms with Gasteiger partial charge < -0.3 is 9.47 Å². The molecule has 0 aromatic carbocycles. The Morgan fingerprint density at radius 1 is 1.17 bits per heavy atom. The van der Waals surface area contributed by atoms with Crippen molar-refractivity contribution in [1.29, 1.82) is 0 Å². The van der Waals surface area contributed by atoms with Crippen LogP contribution >= 0.6 is 0 Å². The van der Waals surface area contributed by atoms with Gasteiger partial charge in [-0.3, -0.25) is 0 Å². The zero-order chi connectivity index (χ0) is 16.8. The quantitative estimate of drug-likeness (QED) is 0.847. The van der Waals surface area contributed by atoms with Gasteiger partial charge in [-0.05, 0) is 12.1 Å². The molecule has 124 valence electrons. The molecule has 0 saturated carbocycles. The van der Waals surface area contributed by atoms with Crippen LogP contribution in [0.1, 0.15) is 42.7 Å². The van der Waals surface area contributed by atoms with Crippen LogP contribution in [0.2, 0.25) is 0 Å².